The molecular weight excluding hydrogens is 415 g/mol. The van der Waals surface area contributed by atoms with E-state index < -0.39 is 26.8 Å². The molecule has 0 bridgehead atoms. The Bertz CT molecular complexity index is 1410. The van der Waals surface area contributed by atoms with Crippen molar-refractivity contribution in [1.29, 1.82) is 0 Å². The molecule has 0 amide bonds. The van der Waals surface area contributed by atoms with E-state index >= 15 is 0 Å². The van der Waals surface area contributed by atoms with Crippen molar-refractivity contribution in [3.8, 4) is 0 Å². The first kappa shape index (κ1) is 21.7. The van der Waals surface area contributed by atoms with Gasteiger partial charge < -0.3 is 0 Å². The van der Waals surface area contributed by atoms with Gasteiger partial charge in [-0.05, 0) is 31.0 Å². The number of nitrogens with one attached hydrogen (secondary N) is 1. The molecule has 1 fully saturated rings. The second kappa shape index (κ2) is 6.99. The molecule has 1 aliphatic rings. The van der Waals surface area contributed by atoms with E-state index in [-0.39, 0.29) is 21.9 Å². The molecule has 1 aromatic carbocycles. The summed E-state index contributed by atoms with van der Waals surface area (Å²) in [6, 6.07) is 4.31. The fraction of sp³-hybridized carbons (Fsp3) is 0.389. The van der Waals surface area contributed by atoms with Crippen LogP contribution >= 0.6 is 0 Å². The first-order chi connectivity index (χ1) is 14.3. The maximum absolute atomic E-state index is 13.2. The minimum Gasteiger partial charge on any atom is -0.296 e. The van der Waals surface area contributed by atoms with Gasteiger partial charge in [-0.15, -0.1) is 0 Å². The molecule has 3 aromatic rings. The van der Waals surface area contributed by atoms with Crippen LogP contribution in [0.3, 0.4) is 0 Å². The number of benzene rings is 1. The summed E-state index contributed by atoms with van der Waals surface area (Å²) >= 11 is 0. The maximum atomic E-state index is 13.2. The molecule has 2 aromatic heterocycles. The van der Waals surface area contributed by atoms with E-state index in [2.05, 4.69) is 9.82 Å². The van der Waals surface area contributed by atoms with Crippen LogP contribution in [0.25, 0.3) is 10.9 Å². The summed E-state index contributed by atoms with van der Waals surface area (Å²) in [5, 5.41) is 4.02. The zero-order valence-electron chi connectivity index (χ0n) is 18.3. The number of hydrogen-bond donors (Lipinski definition) is 1. The molecule has 4 rings (SSSR count). The third kappa shape index (κ3) is 3.69. The van der Waals surface area contributed by atoms with Crippen LogP contribution in [0.5, 0.6) is 0 Å². The van der Waals surface area contributed by atoms with E-state index in [1.165, 1.54) is 22.8 Å². The number of rotatable bonds is 6. The lowest BCUT2D eigenvalue weighted by atomic mass is 9.38. The van der Waals surface area contributed by atoms with Crippen LogP contribution in [0.4, 0.5) is 0 Å². The van der Waals surface area contributed by atoms with Crippen molar-refractivity contribution in [2.75, 3.05) is 0 Å². The van der Waals surface area contributed by atoms with Crippen molar-refractivity contribution in [3.63, 3.8) is 0 Å². The number of fused-ring (bicyclic) bond motifs is 1. The summed E-state index contributed by atoms with van der Waals surface area (Å²) in [5.74, 6) is 0. The Morgan fingerprint density at radius 1 is 1.19 bits per heavy atom. The highest BCUT2D eigenvalue weighted by atomic mass is 32.2. The Morgan fingerprint density at radius 2 is 1.87 bits per heavy atom. The Kier molecular flexibility index (Phi) is 4.89. The molecular formula is C18H24B3N5O4S. The fourth-order valence-electron chi connectivity index (χ4n) is 3.98. The highest BCUT2D eigenvalue weighted by Gasteiger charge is 2.53. The zero-order valence-corrected chi connectivity index (χ0v) is 19.2. The molecule has 0 unspecified atom stereocenters. The van der Waals surface area contributed by atoms with Gasteiger partial charge in [-0.2, -0.15) is 5.10 Å². The van der Waals surface area contributed by atoms with Gasteiger partial charge in [0.05, 0.1) is 52.1 Å². The minimum absolute atomic E-state index is 0.0131. The predicted molar refractivity (Wildman–Crippen MR) is 126 cm³/mol. The molecule has 0 radical (unpaired) electrons. The summed E-state index contributed by atoms with van der Waals surface area (Å²) in [6.45, 7) is 0.0532. The van der Waals surface area contributed by atoms with Gasteiger partial charge >= 0.3 is 5.69 Å². The van der Waals surface area contributed by atoms with Gasteiger partial charge in [-0.25, -0.2) is 17.9 Å². The fourth-order valence-corrected chi connectivity index (χ4v) is 5.65. The zero-order chi connectivity index (χ0) is 22.8. The van der Waals surface area contributed by atoms with E-state index in [1.807, 2.05) is 23.5 Å². The van der Waals surface area contributed by atoms with Gasteiger partial charge in [-0.1, -0.05) is 5.11 Å². The lowest BCUT2D eigenvalue weighted by Crippen LogP contribution is -2.47. The number of sulfonamides is 1. The summed E-state index contributed by atoms with van der Waals surface area (Å²) < 4.78 is 33.1. The average molecular weight is 439 g/mol. The van der Waals surface area contributed by atoms with Gasteiger partial charge in [0.25, 0.3) is 5.56 Å². The van der Waals surface area contributed by atoms with E-state index in [1.54, 1.807) is 31.2 Å². The standard InChI is InChI=1S/C18H24B3N5O4S/c1-24-9-11(8-22-24)10-26-15(27)13-7-12(3-4-14(13)25(2)16(26)28)31(29,30)23-17(5-6-17)18(19,20)21/h3-4,7-9,23H,5-6,10,19-21H2,1-2H3. The summed E-state index contributed by atoms with van der Waals surface area (Å²) in [5.41, 5.74) is -0.401. The molecule has 0 saturated heterocycles. The number of nitrogens with zero attached hydrogens (tertiary/aromatic N) is 4. The Labute approximate surface area is 182 Å². The molecule has 1 saturated carbocycles. The maximum Gasteiger partial charge on any atom is 0.331 e. The van der Waals surface area contributed by atoms with Gasteiger partial charge in [-0.3, -0.25) is 18.6 Å². The normalized spacial score (nSPS) is 15.9. The minimum atomic E-state index is -3.84. The Morgan fingerprint density at radius 3 is 2.42 bits per heavy atom. The van der Waals surface area contributed by atoms with Crippen LogP contribution in [-0.2, 0) is 30.7 Å². The molecule has 9 nitrogen and oxygen atoms in total. The molecule has 0 aliphatic heterocycles. The van der Waals surface area contributed by atoms with Crippen molar-refractivity contribution in [3.05, 3.63) is 57.0 Å². The van der Waals surface area contributed by atoms with Crippen LogP contribution < -0.4 is 16.0 Å². The summed E-state index contributed by atoms with van der Waals surface area (Å²) in [4.78, 5) is 25.9. The van der Waals surface area contributed by atoms with Crippen LogP contribution in [0.15, 0.2) is 45.1 Å². The molecule has 31 heavy (non-hydrogen) atoms. The molecule has 160 valence electrons. The first-order valence-corrected chi connectivity index (χ1v) is 11.6. The monoisotopic (exact) mass is 439 g/mol. The van der Waals surface area contributed by atoms with Crippen LogP contribution in [0.2, 0.25) is 5.11 Å². The summed E-state index contributed by atoms with van der Waals surface area (Å²) in [6.07, 6.45) is 4.86. The van der Waals surface area contributed by atoms with Gasteiger partial charge in [0.1, 0.15) is 0 Å². The second-order valence-electron chi connectivity index (χ2n) is 9.37. The van der Waals surface area contributed by atoms with Crippen molar-refractivity contribution in [1.82, 2.24) is 23.6 Å². The van der Waals surface area contributed by atoms with Gasteiger partial charge in [0, 0.05) is 31.4 Å². The largest absolute Gasteiger partial charge is 0.331 e. The summed E-state index contributed by atoms with van der Waals surface area (Å²) in [7, 11) is 5.51. The molecule has 1 N–H and O–H groups in total. The molecule has 0 spiro atoms. The topological polar surface area (TPSA) is 108 Å². The smallest absolute Gasteiger partial charge is 0.296 e. The van der Waals surface area contributed by atoms with Crippen LogP contribution in [-0.4, -0.2) is 56.4 Å². The van der Waals surface area contributed by atoms with Gasteiger partial charge in [0.2, 0.25) is 10.0 Å². The van der Waals surface area contributed by atoms with Crippen LogP contribution in [0.1, 0.15) is 18.4 Å². The third-order valence-corrected chi connectivity index (χ3v) is 7.78. The molecule has 0 atom stereocenters. The van der Waals surface area contributed by atoms with Gasteiger partial charge in [0.15, 0.2) is 0 Å². The van der Waals surface area contributed by atoms with E-state index in [9.17, 15) is 18.0 Å². The van der Waals surface area contributed by atoms with Crippen molar-refractivity contribution < 1.29 is 8.42 Å². The van der Waals surface area contributed by atoms with Crippen molar-refractivity contribution in [2.45, 2.75) is 34.9 Å². The quantitative estimate of drug-likeness (QED) is 0.420. The lowest BCUT2D eigenvalue weighted by molar-refractivity contribution is 0.542. The van der Waals surface area contributed by atoms with E-state index in [0.717, 1.165) is 17.4 Å². The second-order valence-corrected chi connectivity index (χ2v) is 11.1. The Hall–Kier alpha value is -2.53. The SMILES string of the molecule is BC(B)(B)C1(NS(=O)(=O)c2ccc3c(c2)c(=O)n(Cc2cnn(C)c2)c(=O)n3C)CC1. The first-order valence-electron chi connectivity index (χ1n) is 10.1. The van der Waals surface area contributed by atoms with Crippen molar-refractivity contribution in [2.24, 2.45) is 14.1 Å². The predicted octanol–water partition coefficient (Wildman–Crippen LogP) is -2.73. The number of aromatic nitrogens is 4. The number of aryl methyl sites for hydroxylation is 2. The lowest BCUT2D eigenvalue weighted by Gasteiger charge is -2.31. The molecule has 13 heteroatoms. The van der Waals surface area contributed by atoms with E-state index in [4.69, 9.17) is 0 Å². The highest BCUT2D eigenvalue weighted by molar-refractivity contribution is 7.89. The van der Waals surface area contributed by atoms with E-state index in [0.29, 0.717) is 11.1 Å². The molecule has 2 heterocycles. The van der Waals surface area contributed by atoms with Crippen LogP contribution in [0, 0.1) is 0 Å². The third-order valence-electron chi connectivity index (χ3n) is 6.25. The molecule has 1 aliphatic carbocycles. The highest BCUT2D eigenvalue weighted by Crippen LogP contribution is 2.50. The Balaban J connectivity index is 1.82. The average Bonchev–Trinajstić information content (AvgIpc) is 3.36. The number of hydrogen-bond acceptors (Lipinski definition) is 5. The van der Waals surface area contributed by atoms with Crippen molar-refractivity contribution >= 4 is 44.5 Å².